The van der Waals surface area contributed by atoms with Gasteiger partial charge in [0.1, 0.15) is 11.5 Å². The molecule has 158 valence electrons. The molecule has 0 aromatic heterocycles. The second-order valence-corrected chi connectivity index (χ2v) is 6.64. The number of ether oxygens (including phenoxy) is 2. The number of guanidine groups is 1. The molecule has 0 saturated carbocycles. The first-order chi connectivity index (χ1) is 13.9. The monoisotopic (exact) mass is 406 g/mol. The van der Waals surface area contributed by atoms with E-state index in [0.717, 1.165) is 12.1 Å². The highest BCUT2D eigenvalue weighted by atomic mass is 19.3. The molecule has 0 saturated heterocycles. The number of hydrogen-bond donors (Lipinski definition) is 2. The lowest BCUT2D eigenvalue weighted by Gasteiger charge is -2.17. The maximum absolute atomic E-state index is 12.7. The minimum Gasteiger partial charge on any atom is -0.497 e. The highest BCUT2D eigenvalue weighted by molar-refractivity contribution is 5.79. The first kappa shape index (κ1) is 22.4. The van der Waals surface area contributed by atoms with Gasteiger partial charge in [0, 0.05) is 32.2 Å². The molecular formula is C21H28F2N4O2. The second kappa shape index (κ2) is 11.2. The molecule has 0 amide bonds. The van der Waals surface area contributed by atoms with E-state index in [0.29, 0.717) is 23.8 Å². The van der Waals surface area contributed by atoms with Gasteiger partial charge >= 0.3 is 6.61 Å². The number of methoxy groups -OCH3 is 1. The Morgan fingerprint density at radius 3 is 2.28 bits per heavy atom. The second-order valence-electron chi connectivity index (χ2n) is 6.64. The number of nitrogens with zero attached hydrogens (tertiary/aromatic N) is 2. The van der Waals surface area contributed by atoms with E-state index < -0.39 is 6.61 Å². The summed E-state index contributed by atoms with van der Waals surface area (Å²) in [6.07, 6.45) is 0. The summed E-state index contributed by atoms with van der Waals surface area (Å²) in [5.41, 5.74) is 2.92. The highest BCUT2D eigenvalue weighted by Gasteiger charge is 2.12. The molecule has 0 unspecified atom stereocenters. The number of aliphatic imine (C=N–C) groups is 1. The van der Waals surface area contributed by atoms with Gasteiger partial charge in [0.25, 0.3) is 0 Å². The lowest BCUT2D eigenvalue weighted by Crippen LogP contribution is -2.36. The Morgan fingerprint density at radius 1 is 1.03 bits per heavy atom. The Morgan fingerprint density at radius 2 is 1.69 bits per heavy atom. The van der Waals surface area contributed by atoms with Crippen LogP contribution < -0.4 is 20.1 Å². The SMILES string of the molecule is CN=C(NCc1ccccc1CN(C)C)NCc1cc(OC)ccc1OC(F)F. The summed E-state index contributed by atoms with van der Waals surface area (Å²) in [6, 6.07) is 12.9. The van der Waals surface area contributed by atoms with E-state index in [4.69, 9.17) is 4.74 Å². The van der Waals surface area contributed by atoms with Gasteiger partial charge in [0.05, 0.1) is 7.11 Å². The van der Waals surface area contributed by atoms with Gasteiger partial charge in [-0.1, -0.05) is 24.3 Å². The van der Waals surface area contributed by atoms with E-state index in [9.17, 15) is 8.78 Å². The number of nitrogens with one attached hydrogen (secondary N) is 2. The number of halogens is 2. The fraction of sp³-hybridized carbons (Fsp3) is 0.381. The maximum Gasteiger partial charge on any atom is 0.387 e. The Bertz CT molecular complexity index is 813. The van der Waals surface area contributed by atoms with Gasteiger partial charge in [0.15, 0.2) is 5.96 Å². The van der Waals surface area contributed by atoms with Crippen molar-refractivity contribution in [1.29, 1.82) is 0 Å². The minimum atomic E-state index is -2.90. The Kier molecular flexibility index (Phi) is 8.67. The van der Waals surface area contributed by atoms with Gasteiger partial charge in [-0.05, 0) is 43.4 Å². The molecule has 0 radical (unpaired) electrons. The molecule has 2 aromatic rings. The first-order valence-corrected chi connectivity index (χ1v) is 9.20. The van der Waals surface area contributed by atoms with Crippen LogP contribution in [0.1, 0.15) is 16.7 Å². The van der Waals surface area contributed by atoms with Crippen molar-refractivity contribution >= 4 is 5.96 Å². The Labute approximate surface area is 170 Å². The summed E-state index contributed by atoms with van der Waals surface area (Å²) >= 11 is 0. The molecule has 0 aliphatic rings. The number of benzene rings is 2. The van der Waals surface area contributed by atoms with Crippen LogP contribution in [0.15, 0.2) is 47.5 Å². The number of alkyl halides is 2. The average Bonchev–Trinajstić information content (AvgIpc) is 2.69. The van der Waals surface area contributed by atoms with Crippen molar-refractivity contribution in [1.82, 2.24) is 15.5 Å². The van der Waals surface area contributed by atoms with Gasteiger partial charge < -0.3 is 25.0 Å². The molecule has 0 heterocycles. The van der Waals surface area contributed by atoms with Crippen LogP contribution in [0.3, 0.4) is 0 Å². The Hall–Kier alpha value is -2.87. The summed E-state index contributed by atoms with van der Waals surface area (Å²) < 4.78 is 35.1. The molecule has 0 aliphatic carbocycles. The summed E-state index contributed by atoms with van der Waals surface area (Å²) in [6.45, 7) is -1.23. The number of rotatable bonds is 9. The van der Waals surface area contributed by atoms with Crippen LogP contribution in [0, 0.1) is 0 Å². The van der Waals surface area contributed by atoms with Gasteiger partial charge in [-0.15, -0.1) is 0 Å². The van der Waals surface area contributed by atoms with Gasteiger partial charge in [-0.2, -0.15) is 8.78 Å². The molecular weight excluding hydrogens is 378 g/mol. The molecule has 2 rings (SSSR count). The van der Waals surface area contributed by atoms with Crippen LogP contribution in [0.2, 0.25) is 0 Å². The van der Waals surface area contributed by atoms with Crippen LogP contribution in [0.5, 0.6) is 11.5 Å². The van der Waals surface area contributed by atoms with Crippen LogP contribution in [0.25, 0.3) is 0 Å². The van der Waals surface area contributed by atoms with E-state index in [-0.39, 0.29) is 12.3 Å². The zero-order valence-electron chi connectivity index (χ0n) is 17.2. The summed E-state index contributed by atoms with van der Waals surface area (Å²) in [4.78, 5) is 6.32. The van der Waals surface area contributed by atoms with Crippen molar-refractivity contribution in [3.05, 3.63) is 59.2 Å². The van der Waals surface area contributed by atoms with Crippen molar-refractivity contribution in [3.63, 3.8) is 0 Å². The quantitative estimate of drug-likeness (QED) is 0.495. The normalized spacial score (nSPS) is 11.7. The molecule has 8 heteroatoms. The van der Waals surface area contributed by atoms with Crippen LogP contribution in [-0.4, -0.2) is 45.7 Å². The predicted molar refractivity (Wildman–Crippen MR) is 110 cm³/mol. The molecule has 6 nitrogen and oxygen atoms in total. The van der Waals surface area contributed by atoms with Crippen molar-refractivity contribution in [2.24, 2.45) is 4.99 Å². The van der Waals surface area contributed by atoms with E-state index in [1.165, 1.54) is 18.7 Å². The van der Waals surface area contributed by atoms with E-state index in [2.05, 4.69) is 37.4 Å². The van der Waals surface area contributed by atoms with Crippen molar-refractivity contribution in [3.8, 4) is 11.5 Å². The van der Waals surface area contributed by atoms with Crippen molar-refractivity contribution in [2.75, 3.05) is 28.3 Å². The third-order valence-corrected chi connectivity index (χ3v) is 4.20. The van der Waals surface area contributed by atoms with E-state index in [1.54, 1.807) is 19.2 Å². The molecule has 2 aromatic carbocycles. The third-order valence-electron chi connectivity index (χ3n) is 4.20. The molecule has 0 spiro atoms. The zero-order chi connectivity index (χ0) is 21.2. The zero-order valence-corrected chi connectivity index (χ0v) is 17.2. The lowest BCUT2D eigenvalue weighted by molar-refractivity contribution is -0.0504. The fourth-order valence-electron chi connectivity index (χ4n) is 2.84. The summed E-state index contributed by atoms with van der Waals surface area (Å²) in [5.74, 6) is 1.21. The largest absolute Gasteiger partial charge is 0.497 e. The summed E-state index contributed by atoms with van der Waals surface area (Å²) in [5, 5.41) is 6.39. The standard InChI is InChI=1S/C21H28F2N4O2/c1-24-21(25-12-15-7-5-6-8-16(15)14-27(2)3)26-13-17-11-18(28-4)9-10-19(17)29-20(22)23/h5-11,20H,12-14H2,1-4H3,(H2,24,25,26). The number of hydrogen-bond acceptors (Lipinski definition) is 4. The smallest absolute Gasteiger partial charge is 0.387 e. The third kappa shape index (κ3) is 7.23. The Balaban J connectivity index is 2.03. The minimum absolute atomic E-state index is 0.0973. The van der Waals surface area contributed by atoms with Gasteiger partial charge in [0.2, 0.25) is 0 Å². The van der Waals surface area contributed by atoms with Gasteiger partial charge in [-0.25, -0.2) is 0 Å². The van der Waals surface area contributed by atoms with E-state index in [1.807, 2.05) is 26.2 Å². The lowest BCUT2D eigenvalue weighted by atomic mass is 10.1. The van der Waals surface area contributed by atoms with Crippen molar-refractivity contribution < 1.29 is 18.3 Å². The summed E-state index contributed by atoms with van der Waals surface area (Å²) in [7, 11) is 7.23. The van der Waals surface area contributed by atoms with Crippen LogP contribution in [-0.2, 0) is 19.6 Å². The molecule has 0 fully saturated rings. The van der Waals surface area contributed by atoms with E-state index >= 15 is 0 Å². The highest BCUT2D eigenvalue weighted by Crippen LogP contribution is 2.25. The average molecular weight is 406 g/mol. The topological polar surface area (TPSA) is 58.1 Å². The van der Waals surface area contributed by atoms with Crippen LogP contribution >= 0.6 is 0 Å². The molecule has 0 aliphatic heterocycles. The fourth-order valence-corrected chi connectivity index (χ4v) is 2.84. The first-order valence-electron chi connectivity index (χ1n) is 9.20. The maximum atomic E-state index is 12.7. The molecule has 0 bridgehead atoms. The predicted octanol–water partition coefficient (Wildman–Crippen LogP) is 3.22. The van der Waals surface area contributed by atoms with Crippen LogP contribution in [0.4, 0.5) is 8.78 Å². The molecule has 29 heavy (non-hydrogen) atoms. The molecule has 2 N–H and O–H groups in total. The van der Waals surface area contributed by atoms with Crippen molar-refractivity contribution in [2.45, 2.75) is 26.2 Å². The van der Waals surface area contributed by atoms with Gasteiger partial charge in [-0.3, -0.25) is 4.99 Å². The molecule has 0 atom stereocenters.